The molecule has 2 aliphatic rings. The van der Waals surface area contributed by atoms with E-state index < -0.39 is 5.60 Å². The molecule has 0 amide bonds. The van der Waals surface area contributed by atoms with Crippen molar-refractivity contribution in [2.75, 3.05) is 13.2 Å². The molecule has 1 aliphatic carbocycles. The van der Waals surface area contributed by atoms with Gasteiger partial charge >= 0.3 is 0 Å². The minimum atomic E-state index is -0.849. The predicted molar refractivity (Wildman–Crippen MR) is 121 cm³/mol. The van der Waals surface area contributed by atoms with Crippen LogP contribution in [0.15, 0.2) is 69.6 Å². The zero-order chi connectivity index (χ0) is 22.1. The lowest BCUT2D eigenvalue weighted by atomic mass is 9.69. The molecule has 5 heteroatoms. The van der Waals surface area contributed by atoms with Gasteiger partial charge in [0.15, 0.2) is 0 Å². The van der Waals surface area contributed by atoms with E-state index in [1.807, 2.05) is 39.0 Å². The second-order valence-corrected chi connectivity index (χ2v) is 9.43. The molecule has 0 spiro atoms. The predicted octanol–water partition coefficient (Wildman–Crippen LogP) is 4.24. The fourth-order valence-corrected chi connectivity index (χ4v) is 4.21. The largest absolute Gasteiger partial charge is 0.482 e. The van der Waals surface area contributed by atoms with Crippen molar-refractivity contribution in [3.63, 3.8) is 0 Å². The minimum absolute atomic E-state index is 0.170. The van der Waals surface area contributed by atoms with E-state index in [0.29, 0.717) is 25.3 Å². The smallest absolute Gasteiger partial charge is 0.227 e. The normalized spacial score (nSPS) is 21.5. The van der Waals surface area contributed by atoms with Gasteiger partial charge in [0.1, 0.15) is 18.6 Å². The van der Waals surface area contributed by atoms with Gasteiger partial charge in [-0.25, -0.2) is 0 Å². The number of ether oxygens (including phenoxy) is 1. The number of benzene rings is 1. The molecule has 164 valence electrons. The van der Waals surface area contributed by atoms with Gasteiger partial charge < -0.3 is 14.3 Å². The van der Waals surface area contributed by atoms with Gasteiger partial charge in [-0.1, -0.05) is 49.4 Å². The molecule has 1 unspecified atom stereocenters. The van der Waals surface area contributed by atoms with Gasteiger partial charge in [-0.05, 0) is 43.4 Å². The van der Waals surface area contributed by atoms with E-state index in [1.54, 1.807) is 0 Å². The molecule has 4 rings (SSSR count). The number of hydrogen-bond acceptors (Lipinski definition) is 5. The van der Waals surface area contributed by atoms with Crippen molar-refractivity contribution >= 4 is 0 Å². The van der Waals surface area contributed by atoms with Gasteiger partial charge in [0.05, 0.1) is 12.1 Å². The van der Waals surface area contributed by atoms with Gasteiger partial charge in [0.25, 0.3) is 0 Å². The average molecular weight is 422 g/mol. The summed E-state index contributed by atoms with van der Waals surface area (Å²) in [5, 5.41) is 10.5. The molecule has 0 saturated carbocycles. The molecule has 1 atom stereocenters. The zero-order valence-corrected chi connectivity index (χ0v) is 18.6. The second-order valence-electron chi connectivity index (χ2n) is 9.43. The van der Waals surface area contributed by atoms with Crippen LogP contribution in [0.2, 0.25) is 0 Å². The Hall–Kier alpha value is -2.63. The highest BCUT2D eigenvalue weighted by atomic mass is 16.5. The molecule has 2 aromatic rings. The Morgan fingerprint density at radius 2 is 2.03 bits per heavy atom. The van der Waals surface area contributed by atoms with E-state index in [0.717, 1.165) is 25.1 Å². The van der Waals surface area contributed by atoms with Crippen molar-refractivity contribution in [1.29, 1.82) is 0 Å². The molecule has 1 aromatic carbocycles. The van der Waals surface area contributed by atoms with Gasteiger partial charge in [0, 0.05) is 24.6 Å². The maximum Gasteiger partial charge on any atom is 0.227 e. The molecule has 1 N–H and O–H groups in total. The highest BCUT2D eigenvalue weighted by molar-refractivity contribution is 5.30. The fourth-order valence-electron chi connectivity index (χ4n) is 4.21. The first-order valence-corrected chi connectivity index (χ1v) is 10.9. The zero-order valence-electron chi connectivity index (χ0n) is 18.6. The maximum atomic E-state index is 12.6. The molecule has 0 saturated heterocycles. The SMILES string of the molecule is CC(C)(O)C1(C)C=CC=C(COc2coc(CN3CCc4ccccc4C3)cc2=O)C1. The monoisotopic (exact) mass is 421 g/mol. The number of hydrogen-bond donors (Lipinski definition) is 1. The lowest BCUT2D eigenvalue weighted by molar-refractivity contribution is -0.0187. The van der Waals surface area contributed by atoms with E-state index in [2.05, 4.69) is 29.2 Å². The number of rotatable bonds is 6. The third kappa shape index (κ3) is 4.83. The molecule has 0 fully saturated rings. The number of nitrogens with zero attached hydrogens (tertiary/aromatic N) is 1. The summed E-state index contributed by atoms with van der Waals surface area (Å²) in [5.74, 6) is 0.860. The summed E-state index contributed by atoms with van der Waals surface area (Å²) in [6.07, 6.45) is 9.06. The van der Waals surface area contributed by atoms with Crippen molar-refractivity contribution in [3.8, 4) is 5.75 Å². The van der Waals surface area contributed by atoms with E-state index >= 15 is 0 Å². The van der Waals surface area contributed by atoms with E-state index in [4.69, 9.17) is 9.15 Å². The lowest BCUT2D eigenvalue weighted by Gasteiger charge is -2.40. The first kappa shape index (κ1) is 21.6. The number of aliphatic hydroxyl groups is 1. The van der Waals surface area contributed by atoms with Gasteiger partial charge in [0.2, 0.25) is 11.2 Å². The van der Waals surface area contributed by atoms with Crippen molar-refractivity contribution in [1.82, 2.24) is 4.90 Å². The van der Waals surface area contributed by atoms with E-state index in [9.17, 15) is 9.90 Å². The summed E-state index contributed by atoms with van der Waals surface area (Å²) >= 11 is 0. The van der Waals surface area contributed by atoms with Crippen LogP contribution < -0.4 is 10.2 Å². The highest BCUT2D eigenvalue weighted by Crippen LogP contribution is 2.40. The third-order valence-electron chi connectivity index (χ3n) is 6.64. The highest BCUT2D eigenvalue weighted by Gasteiger charge is 2.38. The Balaban J connectivity index is 1.36. The van der Waals surface area contributed by atoms with Crippen LogP contribution in [0.1, 0.15) is 44.1 Å². The Morgan fingerprint density at radius 3 is 2.77 bits per heavy atom. The second kappa shape index (κ2) is 8.48. The fraction of sp³-hybridized carbons (Fsp3) is 0.423. The Morgan fingerprint density at radius 1 is 1.26 bits per heavy atom. The Labute approximate surface area is 183 Å². The maximum absolute atomic E-state index is 12.6. The van der Waals surface area contributed by atoms with Crippen LogP contribution in [0.3, 0.4) is 0 Å². The van der Waals surface area contributed by atoms with Crippen molar-refractivity contribution in [2.24, 2.45) is 5.41 Å². The lowest BCUT2D eigenvalue weighted by Crippen LogP contribution is -2.41. The van der Waals surface area contributed by atoms with Crippen LogP contribution in [0.5, 0.6) is 5.75 Å². The third-order valence-corrected chi connectivity index (χ3v) is 6.64. The quantitative estimate of drug-likeness (QED) is 0.756. The van der Waals surface area contributed by atoms with Crippen molar-refractivity contribution in [3.05, 3.63) is 87.5 Å². The standard InChI is InChI=1S/C26H31NO4/c1-25(2,29)26(3)11-6-7-19(14-26)17-31-24-18-30-22(13-23(24)28)16-27-12-10-20-8-4-5-9-21(20)15-27/h4-9,11,13,18,29H,10,12,14-17H2,1-3H3. The van der Waals surface area contributed by atoms with E-state index in [-0.39, 0.29) is 16.6 Å². The molecule has 0 bridgehead atoms. The van der Waals surface area contributed by atoms with Crippen LogP contribution >= 0.6 is 0 Å². The van der Waals surface area contributed by atoms with Gasteiger partial charge in [-0.2, -0.15) is 0 Å². The molecule has 1 aromatic heterocycles. The molecule has 1 aliphatic heterocycles. The average Bonchev–Trinajstić information content (AvgIpc) is 2.72. The minimum Gasteiger partial charge on any atom is -0.482 e. The van der Waals surface area contributed by atoms with Crippen LogP contribution in [0.25, 0.3) is 0 Å². The molecular formula is C26H31NO4. The van der Waals surface area contributed by atoms with Crippen molar-refractivity contribution in [2.45, 2.75) is 52.3 Å². The molecule has 5 nitrogen and oxygen atoms in total. The Bertz CT molecular complexity index is 1060. The van der Waals surface area contributed by atoms with E-state index in [1.165, 1.54) is 23.5 Å². The first-order chi connectivity index (χ1) is 14.7. The Kier molecular flexibility index (Phi) is 5.91. The topological polar surface area (TPSA) is 62.9 Å². The van der Waals surface area contributed by atoms with Crippen LogP contribution in [-0.4, -0.2) is 28.8 Å². The van der Waals surface area contributed by atoms with Crippen LogP contribution in [0, 0.1) is 5.41 Å². The molecule has 2 heterocycles. The van der Waals surface area contributed by atoms with Crippen molar-refractivity contribution < 1.29 is 14.3 Å². The summed E-state index contributed by atoms with van der Waals surface area (Å²) in [6, 6.07) is 10.0. The summed E-state index contributed by atoms with van der Waals surface area (Å²) in [6.45, 7) is 8.36. The first-order valence-electron chi connectivity index (χ1n) is 10.9. The van der Waals surface area contributed by atoms with Crippen LogP contribution in [0.4, 0.5) is 0 Å². The summed E-state index contributed by atoms with van der Waals surface area (Å²) < 4.78 is 11.5. The molecule has 31 heavy (non-hydrogen) atoms. The molecule has 0 radical (unpaired) electrons. The van der Waals surface area contributed by atoms with Crippen LogP contribution in [-0.2, 0) is 19.5 Å². The number of fused-ring (bicyclic) bond motifs is 1. The van der Waals surface area contributed by atoms with Gasteiger partial charge in [-0.3, -0.25) is 9.69 Å². The summed E-state index contributed by atoms with van der Waals surface area (Å²) in [4.78, 5) is 14.9. The summed E-state index contributed by atoms with van der Waals surface area (Å²) in [5.41, 5.74) is 2.37. The molecular weight excluding hydrogens is 390 g/mol. The summed E-state index contributed by atoms with van der Waals surface area (Å²) in [7, 11) is 0. The number of allylic oxidation sites excluding steroid dienone is 2. The van der Waals surface area contributed by atoms with Gasteiger partial charge in [-0.15, -0.1) is 0 Å².